The molecule has 5 nitrogen and oxygen atoms in total. The Balaban J connectivity index is 0.00000441. The van der Waals surface area contributed by atoms with E-state index in [-0.39, 0.29) is 24.0 Å². The number of rotatable bonds is 9. The first-order valence-electron chi connectivity index (χ1n) is 7.76. The Hall–Kier alpha value is -0.410. The molecule has 0 aliphatic carbocycles. The molecular formula is C15H30IN5S. The average molecular weight is 439 g/mol. The van der Waals surface area contributed by atoms with Crippen LogP contribution in [0.4, 0.5) is 0 Å². The molecule has 0 amide bonds. The minimum absolute atomic E-state index is 0. The van der Waals surface area contributed by atoms with E-state index < -0.39 is 0 Å². The standard InChI is InChI=1S/C15H29N5S.HI/c1-5-13-12-19-14(21-13)8-10-18-15(16-6-2)17-9-7-11-20(3)4;/h12H,5-11H2,1-4H3,(H2,16,17,18);1H. The van der Waals surface area contributed by atoms with Crippen LogP contribution in [0.15, 0.2) is 11.2 Å². The fourth-order valence-corrected chi connectivity index (χ4v) is 2.70. The predicted octanol–water partition coefficient (Wildman–Crippen LogP) is 2.37. The summed E-state index contributed by atoms with van der Waals surface area (Å²) in [5.41, 5.74) is 0. The van der Waals surface area contributed by atoms with Gasteiger partial charge in [-0.05, 0) is 40.4 Å². The Bertz CT molecular complexity index is 420. The van der Waals surface area contributed by atoms with Crippen LogP contribution in [0.2, 0.25) is 0 Å². The molecule has 0 aliphatic rings. The molecule has 0 saturated carbocycles. The van der Waals surface area contributed by atoms with Crippen molar-refractivity contribution in [3.05, 3.63) is 16.1 Å². The van der Waals surface area contributed by atoms with Crippen LogP contribution in [0.1, 0.15) is 30.2 Å². The zero-order valence-corrected chi connectivity index (χ0v) is 17.3. The summed E-state index contributed by atoms with van der Waals surface area (Å²) in [6.45, 7) is 7.93. The molecule has 128 valence electrons. The van der Waals surface area contributed by atoms with Gasteiger partial charge in [0.1, 0.15) is 0 Å². The smallest absolute Gasteiger partial charge is 0.191 e. The van der Waals surface area contributed by atoms with E-state index in [4.69, 9.17) is 0 Å². The minimum atomic E-state index is 0. The first-order valence-corrected chi connectivity index (χ1v) is 8.57. The quantitative estimate of drug-likeness (QED) is 0.269. The molecule has 0 radical (unpaired) electrons. The van der Waals surface area contributed by atoms with E-state index in [0.29, 0.717) is 0 Å². The fraction of sp³-hybridized carbons (Fsp3) is 0.733. The van der Waals surface area contributed by atoms with Crippen molar-refractivity contribution in [2.75, 3.05) is 40.3 Å². The molecule has 0 fully saturated rings. The van der Waals surface area contributed by atoms with E-state index in [2.05, 4.69) is 53.5 Å². The number of aryl methyl sites for hydroxylation is 1. The fourth-order valence-electron chi connectivity index (χ4n) is 1.83. The summed E-state index contributed by atoms with van der Waals surface area (Å²) < 4.78 is 0. The van der Waals surface area contributed by atoms with Crippen LogP contribution in [0, 0.1) is 0 Å². The van der Waals surface area contributed by atoms with Crippen molar-refractivity contribution in [3.63, 3.8) is 0 Å². The second-order valence-electron chi connectivity index (χ2n) is 5.17. The lowest BCUT2D eigenvalue weighted by Gasteiger charge is -2.11. The lowest BCUT2D eigenvalue weighted by Crippen LogP contribution is -2.38. The second kappa shape index (κ2) is 13.1. The maximum absolute atomic E-state index is 4.59. The zero-order valence-electron chi connectivity index (χ0n) is 14.2. The summed E-state index contributed by atoms with van der Waals surface area (Å²) in [5.74, 6) is 0.906. The number of guanidine groups is 1. The summed E-state index contributed by atoms with van der Waals surface area (Å²) in [4.78, 5) is 12.6. The van der Waals surface area contributed by atoms with Crippen molar-refractivity contribution in [2.45, 2.75) is 33.1 Å². The molecule has 0 unspecified atom stereocenters. The summed E-state index contributed by atoms with van der Waals surface area (Å²) in [6.07, 6.45) is 5.09. The Morgan fingerprint density at radius 2 is 2.09 bits per heavy atom. The maximum Gasteiger partial charge on any atom is 0.191 e. The molecule has 0 saturated heterocycles. The molecule has 2 N–H and O–H groups in total. The molecule has 0 aromatic carbocycles. The van der Waals surface area contributed by atoms with Crippen LogP contribution in [0.3, 0.4) is 0 Å². The molecule has 0 atom stereocenters. The van der Waals surface area contributed by atoms with Gasteiger partial charge in [-0.2, -0.15) is 0 Å². The Kier molecular flexibility index (Phi) is 12.8. The number of hydrogen-bond acceptors (Lipinski definition) is 4. The second-order valence-corrected chi connectivity index (χ2v) is 6.37. The van der Waals surface area contributed by atoms with Crippen LogP contribution in [-0.4, -0.2) is 56.1 Å². The number of aromatic nitrogens is 1. The van der Waals surface area contributed by atoms with Gasteiger partial charge in [-0.3, -0.25) is 4.99 Å². The Morgan fingerprint density at radius 1 is 1.32 bits per heavy atom. The third kappa shape index (κ3) is 9.58. The third-order valence-electron chi connectivity index (χ3n) is 2.96. The van der Waals surface area contributed by atoms with Crippen molar-refractivity contribution in [2.24, 2.45) is 4.99 Å². The van der Waals surface area contributed by atoms with Gasteiger partial charge in [-0.25, -0.2) is 4.98 Å². The van der Waals surface area contributed by atoms with Gasteiger partial charge in [0.2, 0.25) is 0 Å². The first-order chi connectivity index (χ1) is 10.2. The van der Waals surface area contributed by atoms with E-state index in [1.165, 1.54) is 9.88 Å². The summed E-state index contributed by atoms with van der Waals surface area (Å²) in [6, 6.07) is 0. The molecule has 0 aliphatic heterocycles. The number of aliphatic imine (C=N–C) groups is 1. The maximum atomic E-state index is 4.59. The van der Waals surface area contributed by atoms with Gasteiger partial charge in [0.25, 0.3) is 0 Å². The van der Waals surface area contributed by atoms with Gasteiger partial charge in [-0.15, -0.1) is 35.3 Å². The van der Waals surface area contributed by atoms with Crippen LogP contribution < -0.4 is 10.6 Å². The normalized spacial score (nSPS) is 11.4. The lowest BCUT2D eigenvalue weighted by atomic mass is 10.4. The summed E-state index contributed by atoms with van der Waals surface area (Å²) in [7, 11) is 4.18. The summed E-state index contributed by atoms with van der Waals surface area (Å²) >= 11 is 1.81. The minimum Gasteiger partial charge on any atom is -0.357 e. The third-order valence-corrected chi connectivity index (χ3v) is 4.16. The topological polar surface area (TPSA) is 52.6 Å². The molecule has 1 heterocycles. The number of nitrogens with zero attached hydrogens (tertiary/aromatic N) is 3. The number of thiazole rings is 1. The van der Waals surface area contributed by atoms with Crippen LogP contribution in [0.25, 0.3) is 0 Å². The van der Waals surface area contributed by atoms with E-state index in [0.717, 1.165) is 51.4 Å². The zero-order chi connectivity index (χ0) is 15.5. The molecule has 7 heteroatoms. The van der Waals surface area contributed by atoms with Crippen LogP contribution >= 0.6 is 35.3 Å². The van der Waals surface area contributed by atoms with E-state index in [1.807, 2.05) is 6.20 Å². The van der Waals surface area contributed by atoms with Gasteiger partial charge < -0.3 is 15.5 Å². The largest absolute Gasteiger partial charge is 0.357 e. The molecule has 1 aromatic rings. The highest BCUT2D eigenvalue weighted by molar-refractivity contribution is 14.0. The van der Waals surface area contributed by atoms with Gasteiger partial charge in [0.05, 0.1) is 5.01 Å². The van der Waals surface area contributed by atoms with Crippen LogP contribution in [-0.2, 0) is 12.8 Å². The highest BCUT2D eigenvalue weighted by Gasteiger charge is 2.02. The van der Waals surface area contributed by atoms with Crippen LogP contribution in [0.5, 0.6) is 0 Å². The van der Waals surface area contributed by atoms with Gasteiger partial charge in [0.15, 0.2) is 5.96 Å². The van der Waals surface area contributed by atoms with E-state index in [1.54, 1.807) is 11.3 Å². The highest BCUT2D eigenvalue weighted by Crippen LogP contribution is 2.13. The lowest BCUT2D eigenvalue weighted by molar-refractivity contribution is 0.403. The van der Waals surface area contributed by atoms with Gasteiger partial charge in [0, 0.05) is 37.1 Å². The van der Waals surface area contributed by atoms with Crippen molar-refractivity contribution in [1.29, 1.82) is 0 Å². The molecule has 0 bridgehead atoms. The molecule has 1 aromatic heterocycles. The van der Waals surface area contributed by atoms with Crippen molar-refractivity contribution in [3.8, 4) is 0 Å². The SMILES string of the molecule is CCNC(=NCCCN(C)C)NCCc1ncc(CC)s1.I. The van der Waals surface area contributed by atoms with Gasteiger partial charge >= 0.3 is 0 Å². The Labute approximate surface area is 156 Å². The highest BCUT2D eigenvalue weighted by atomic mass is 127. The molecule has 1 rings (SSSR count). The number of halogens is 1. The average Bonchev–Trinajstić information content (AvgIpc) is 2.91. The number of nitrogens with one attached hydrogen (secondary N) is 2. The number of hydrogen-bond donors (Lipinski definition) is 2. The molecular weight excluding hydrogens is 409 g/mol. The first kappa shape index (κ1) is 21.6. The van der Waals surface area contributed by atoms with Gasteiger partial charge in [-0.1, -0.05) is 6.92 Å². The van der Waals surface area contributed by atoms with E-state index >= 15 is 0 Å². The van der Waals surface area contributed by atoms with E-state index in [9.17, 15) is 0 Å². The van der Waals surface area contributed by atoms with Crippen molar-refractivity contribution < 1.29 is 0 Å². The predicted molar refractivity (Wildman–Crippen MR) is 108 cm³/mol. The Morgan fingerprint density at radius 3 is 2.68 bits per heavy atom. The monoisotopic (exact) mass is 439 g/mol. The van der Waals surface area contributed by atoms with Crippen molar-refractivity contribution in [1.82, 2.24) is 20.5 Å². The molecule has 22 heavy (non-hydrogen) atoms. The summed E-state index contributed by atoms with van der Waals surface area (Å²) in [5, 5.41) is 7.86. The molecule has 0 spiro atoms. The van der Waals surface area contributed by atoms with Crippen molar-refractivity contribution >= 4 is 41.3 Å².